The third kappa shape index (κ3) is 4.87. The van der Waals surface area contributed by atoms with Gasteiger partial charge in [0.05, 0.1) is 12.7 Å². The quantitative estimate of drug-likeness (QED) is 0.668. The van der Waals surface area contributed by atoms with Crippen LogP contribution in [0.25, 0.3) is 0 Å². The summed E-state index contributed by atoms with van der Waals surface area (Å²) in [5.74, 6) is 0.423. The van der Waals surface area contributed by atoms with Crippen LogP contribution >= 0.6 is 0 Å². The number of hydrogen-bond donors (Lipinski definition) is 0. The lowest BCUT2D eigenvalue weighted by Crippen LogP contribution is -2.52. The van der Waals surface area contributed by atoms with Crippen molar-refractivity contribution in [2.75, 3.05) is 39.9 Å². The van der Waals surface area contributed by atoms with Crippen LogP contribution in [-0.4, -0.2) is 67.5 Å². The maximum absolute atomic E-state index is 12.8. The van der Waals surface area contributed by atoms with E-state index in [1.54, 1.807) is 29.2 Å². The molecule has 31 heavy (non-hydrogen) atoms. The Labute approximate surface area is 181 Å². The number of nitrogens with zero attached hydrogens (tertiary/aromatic N) is 2. The maximum Gasteiger partial charge on any atom is 0.337 e. The monoisotopic (exact) mass is 422 g/mol. The average molecular weight is 422 g/mol. The van der Waals surface area contributed by atoms with E-state index in [0.29, 0.717) is 43.4 Å². The van der Waals surface area contributed by atoms with E-state index in [2.05, 4.69) is 12.1 Å². The minimum absolute atomic E-state index is 0.0649. The van der Waals surface area contributed by atoms with E-state index in [1.807, 2.05) is 23.1 Å². The Morgan fingerprint density at radius 3 is 2.35 bits per heavy atom. The van der Waals surface area contributed by atoms with Gasteiger partial charge in [-0.05, 0) is 36.1 Å². The Hall–Kier alpha value is -3.35. The first-order chi connectivity index (χ1) is 15.1. The number of methoxy groups -OCH3 is 1. The minimum Gasteiger partial charge on any atom is -0.484 e. The van der Waals surface area contributed by atoms with Crippen molar-refractivity contribution in [3.63, 3.8) is 0 Å². The molecule has 1 aliphatic heterocycles. The minimum atomic E-state index is -0.456. The summed E-state index contributed by atoms with van der Waals surface area (Å²) >= 11 is 0. The standard InChI is InChI=1S/C24H26N2O5/c1-30-24(29)18-8-5-9-19(14-18)31-16-22(27)25-10-12-26(13-11-25)23(28)21-15-20(21)17-6-3-2-4-7-17/h2-9,14,20-21H,10-13,15-16H2,1H3/t20-,21+/m0/s1. The second kappa shape index (κ2) is 9.20. The van der Waals surface area contributed by atoms with Crippen LogP contribution in [0.1, 0.15) is 28.3 Å². The topological polar surface area (TPSA) is 76.2 Å². The van der Waals surface area contributed by atoms with E-state index in [9.17, 15) is 14.4 Å². The molecule has 2 amide bonds. The number of amides is 2. The molecule has 0 unspecified atom stereocenters. The molecule has 7 heteroatoms. The van der Waals surface area contributed by atoms with Crippen molar-refractivity contribution in [1.82, 2.24) is 9.80 Å². The summed E-state index contributed by atoms with van der Waals surface area (Å²) in [6.07, 6.45) is 0.903. The lowest BCUT2D eigenvalue weighted by Gasteiger charge is -2.35. The van der Waals surface area contributed by atoms with Gasteiger partial charge in [-0.2, -0.15) is 0 Å². The predicted molar refractivity (Wildman–Crippen MR) is 114 cm³/mol. The van der Waals surface area contributed by atoms with Crippen molar-refractivity contribution in [2.45, 2.75) is 12.3 Å². The summed E-state index contributed by atoms with van der Waals surface area (Å²) in [6.45, 7) is 1.97. The molecule has 0 aromatic heterocycles. The molecule has 1 heterocycles. The Morgan fingerprint density at radius 2 is 1.65 bits per heavy atom. The molecule has 0 radical (unpaired) electrons. The molecule has 162 valence electrons. The molecule has 2 aliphatic rings. The number of piperazine rings is 1. The normalized spacial score (nSPS) is 20.2. The fraction of sp³-hybridized carbons (Fsp3) is 0.375. The van der Waals surface area contributed by atoms with Gasteiger partial charge in [0, 0.05) is 32.1 Å². The lowest BCUT2D eigenvalue weighted by atomic mass is 10.1. The Bertz CT molecular complexity index is 953. The highest BCUT2D eigenvalue weighted by Crippen LogP contribution is 2.48. The summed E-state index contributed by atoms with van der Waals surface area (Å²) in [5.41, 5.74) is 1.59. The molecule has 0 N–H and O–H groups in total. The van der Waals surface area contributed by atoms with Gasteiger partial charge in [0.1, 0.15) is 5.75 Å². The first-order valence-electron chi connectivity index (χ1n) is 10.5. The van der Waals surface area contributed by atoms with Crippen molar-refractivity contribution < 1.29 is 23.9 Å². The average Bonchev–Trinajstić information content (AvgIpc) is 3.63. The highest BCUT2D eigenvalue weighted by atomic mass is 16.5. The van der Waals surface area contributed by atoms with Gasteiger partial charge in [0.15, 0.2) is 6.61 Å². The molecule has 1 saturated heterocycles. The maximum atomic E-state index is 12.8. The molecule has 2 atom stereocenters. The van der Waals surface area contributed by atoms with Gasteiger partial charge >= 0.3 is 5.97 Å². The van der Waals surface area contributed by atoms with Crippen LogP contribution in [0.3, 0.4) is 0 Å². The molecule has 2 fully saturated rings. The Morgan fingerprint density at radius 1 is 0.935 bits per heavy atom. The second-order valence-corrected chi connectivity index (χ2v) is 7.87. The van der Waals surface area contributed by atoms with Crippen LogP contribution in [-0.2, 0) is 14.3 Å². The number of hydrogen-bond acceptors (Lipinski definition) is 5. The number of benzene rings is 2. The highest BCUT2D eigenvalue weighted by molar-refractivity contribution is 5.89. The van der Waals surface area contributed by atoms with Crippen molar-refractivity contribution in [1.29, 1.82) is 0 Å². The van der Waals surface area contributed by atoms with Gasteiger partial charge in [-0.1, -0.05) is 36.4 Å². The smallest absolute Gasteiger partial charge is 0.337 e. The van der Waals surface area contributed by atoms with Crippen LogP contribution in [0.15, 0.2) is 54.6 Å². The van der Waals surface area contributed by atoms with Gasteiger partial charge in [-0.15, -0.1) is 0 Å². The number of carbonyl (C=O) groups is 3. The summed E-state index contributed by atoms with van der Waals surface area (Å²) in [6, 6.07) is 16.7. The zero-order chi connectivity index (χ0) is 21.8. The van der Waals surface area contributed by atoms with E-state index in [-0.39, 0.29) is 24.3 Å². The number of carbonyl (C=O) groups excluding carboxylic acids is 3. The Balaban J connectivity index is 1.23. The molecular formula is C24H26N2O5. The van der Waals surface area contributed by atoms with E-state index in [1.165, 1.54) is 12.7 Å². The van der Waals surface area contributed by atoms with Gasteiger partial charge in [-0.3, -0.25) is 9.59 Å². The first kappa shape index (κ1) is 20.9. The SMILES string of the molecule is COC(=O)c1cccc(OCC(=O)N2CCN(C(=O)[C@@H]3C[C@H]3c3ccccc3)CC2)c1. The molecule has 7 nitrogen and oxygen atoms in total. The van der Waals surface area contributed by atoms with Crippen LogP contribution in [0, 0.1) is 5.92 Å². The van der Waals surface area contributed by atoms with Crippen molar-refractivity contribution in [3.8, 4) is 5.75 Å². The van der Waals surface area contributed by atoms with E-state index < -0.39 is 5.97 Å². The molecule has 2 aromatic rings. The Kier molecular flexibility index (Phi) is 6.21. The first-order valence-corrected chi connectivity index (χ1v) is 10.5. The molecule has 1 aliphatic carbocycles. The predicted octanol–water partition coefficient (Wildman–Crippen LogP) is 2.33. The van der Waals surface area contributed by atoms with Crippen LogP contribution < -0.4 is 4.74 Å². The zero-order valence-electron chi connectivity index (χ0n) is 17.5. The molecular weight excluding hydrogens is 396 g/mol. The summed E-state index contributed by atoms with van der Waals surface area (Å²) in [7, 11) is 1.31. The largest absolute Gasteiger partial charge is 0.484 e. The number of esters is 1. The number of rotatable bonds is 6. The van der Waals surface area contributed by atoms with Crippen LogP contribution in [0.2, 0.25) is 0 Å². The fourth-order valence-electron chi connectivity index (χ4n) is 4.01. The van der Waals surface area contributed by atoms with Crippen molar-refractivity contribution >= 4 is 17.8 Å². The summed E-state index contributed by atoms with van der Waals surface area (Å²) in [5, 5.41) is 0. The van der Waals surface area contributed by atoms with E-state index in [0.717, 1.165) is 6.42 Å². The van der Waals surface area contributed by atoms with Gasteiger partial charge in [-0.25, -0.2) is 4.79 Å². The van der Waals surface area contributed by atoms with Gasteiger partial charge in [0.2, 0.25) is 5.91 Å². The second-order valence-electron chi connectivity index (χ2n) is 7.87. The van der Waals surface area contributed by atoms with E-state index >= 15 is 0 Å². The van der Waals surface area contributed by atoms with Crippen LogP contribution in [0.4, 0.5) is 0 Å². The molecule has 0 spiro atoms. The fourth-order valence-corrected chi connectivity index (χ4v) is 4.01. The van der Waals surface area contributed by atoms with Gasteiger partial charge < -0.3 is 19.3 Å². The molecule has 0 bridgehead atoms. The molecule has 2 aromatic carbocycles. The number of ether oxygens (including phenoxy) is 2. The zero-order valence-corrected chi connectivity index (χ0v) is 17.5. The lowest BCUT2D eigenvalue weighted by molar-refractivity contribution is -0.141. The van der Waals surface area contributed by atoms with Crippen molar-refractivity contribution in [3.05, 3.63) is 65.7 Å². The third-order valence-electron chi connectivity index (χ3n) is 5.90. The highest BCUT2D eigenvalue weighted by Gasteiger charge is 2.46. The summed E-state index contributed by atoms with van der Waals surface area (Å²) in [4.78, 5) is 40.5. The molecule has 1 saturated carbocycles. The van der Waals surface area contributed by atoms with Crippen LogP contribution in [0.5, 0.6) is 5.75 Å². The molecule has 4 rings (SSSR count). The van der Waals surface area contributed by atoms with Crippen molar-refractivity contribution in [2.24, 2.45) is 5.92 Å². The van der Waals surface area contributed by atoms with Gasteiger partial charge in [0.25, 0.3) is 5.91 Å². The summed E-state index contributed by atoms with van der Waals surface area (Å²) < 4.78 is 10.3. The van der Waals surface area contributed by atoms with E-state index in [4.69, 9.17) is 9.47 Å². The third-order valence-corrected chi connectivity index (χ3v) is 5.90.